The van der Waals surface area contributed by atoms with Crippen LogP contribution in [0, 0.1) is 0 Å². The first kappa shape index (κ1) is 19.7. The van der Waals surface area contributed by atoms with E-state index in [2.05, 4.69) is 12.2 Å². The van der Waals surface area contributed by atoms with E-state index in [0.29, 0.717) is 22.5 Å². The molecule has 0 bridgehead atoms. The van der Waals surface area contributed by atoms with Gasteiger partial charge in [-0.1, -0.05) is 49.9 Å². The molecule has 0 aliphatic heterocycles. The molecule has 1 heterocycles. The summed E-state index contributed by atoms with van der Waals surface area (Å²) in [5.74, 6) is -0.0634. The van der Waals surface area contributed by atoms with Gasteiger partial charge in [0.15, 0.2) is 5.16 Å². The van der Waals surface area contributed by atoms with Crippen molar-refractivity contribution in [3.05, 3.63) is 64.4 Å². The maximum Gasteiger partial charge on any atom is 0.262 e. The number of hydrogen-bond donors (Lipinski definition) is 1. The lowest BCUT2D eigenvalue weighted by Crippen LogP contribution is -2.28. The van der Waals surface area contributed by atoms with Crippen molar-refractivity contribution >= 4 is 34.3 Å². The van der Waals surface area contributed by atoms with E-state index in [1.807, 2.05) is 55.5 Å². The minimum Gasteiger partial charge on any atom is -0.325 e. The molecule has 1 aliphatic rings. The summed E-state index contributed by atoms with van der Waals surface area (Å²) in [6.45, 7) is 4.09. The van der Waals surface area contributed by atoms with Crippen molar-refractivity contribution in [2.45, 2.75) is 56.0 Å². The molecule has 1 fully saturated rings. The van der Waals surface area contributed by atoms with E-state index in [9.17, 15) is 9.59 Å². The third kappa shape index (κ3) is 4.22. The summed E-state index contributed by atoms with van der Waals surface area (Å²) in [6, 6.07) is 15.5. The van der Waals surface area contributed by atoms with Crippen LogP contribution < -0.4 is 10.9 Å². The number of anilines is 1. The number of benzene rings is 2. The molecule has 150 valence electrons. The van der Waals surface area contributed by atoms with Gasteiger partial charge in [0, 0.05) is 11.7 Å². The van der Waals surface area contributed by atoms with Crippen LogP contribution in [0.1, 0.15) is 44.7 Å². The monoisotopic (exact) mass is 407 g/mol. The lowest BCUT2D eigenvalue weighted by molar-refractivity contribution is -0.115. The third-order valence-corrected chi connectivity index (χ3v) is 6.56. The molecular formula is C23H25N3O2S. The Balaban J connectivity index is 1.60. The fourth-order valence-electron chi connectivity index (χ4n) is 3.36. The Labute approximate surface area is 174 Å². The highest BCUT2D eigenvalue weighted by atomic mass is 32.2. The molecule has 0 unspecified atom stereocenters. The van der Waals surface area contributed by atoms with Crippen molar-refractivity contribution < 1.29 is 4.79 Å². The minimum atomic E-state index is -0.320. The first-order valence-electron chi connectivity index (χ1n) is 10.2. The van der Waals surface area contributed by atoms with Crippen LogP contribution in [-0.2, 0) is 11.2 Å². The SMILES string of the molecule is CCc1ccc(NC(=O)[C@@H](CC)Sc2nc3ccccc3c(=O)n2C2CC2)cc1. The number of fused-ring (bicyclic) bond motifs is 1. The van der Waals surface area contributed by atoms with Gasteiger partial charge < -0.3 is 5.32 Å². The number of thioether (sulfide) groups is 1. The number of aromatic nitrogens is 2. The van der Waals surface area contributed by atoms with E-state index in [1.54, 1.807) is 4.57 Å². The van der Waals surface area contributed by atoms with Crippen LogP contribution in [-0.4, -0.2) is 20.7 Å². The van der Waals surface area contributed by atoms with Crippen molar-refractivity contribution in [2.24, 2.45) is 0 Å². The fourth-order valence-corrected chi connectivity index (χ4v) is 4.44. The number of nitrogens with one attached hydrogen (secondary N) is 1. The zero-order valence-electron chi connectivity index (χ0n) is 16.7. The highest BCUT2D eigenvalue weighted by molar-refractivity contribution is 8.00. The maximum atomic E-state index is 13.0. The van der Waals surface area contributed by atoms with Crippen molar-refractivity contribution in [3.63, 3.8) is 0 Å². The van der Waals surface area contributed by atoms with E-state index in [4.69, 9.17) is 4.98 Å². The van der Waals surface area contributed by atoms with Gasteiger partial charge in [-0.05, 0) is 55.5 Å². The number of hydrogen-bond acceptors (Lipinski definition) is 4. The molecule has 1 aromatic heterocycles. The fraction of sp³-hybridized carbons (Fsp3) is 0.348. The number of amides is 1. The number of rotatable bonds is 7. The predicted octanol–water partition coefficient (Wildman–Crippen LogP) is 4.80. The molecule has 4 rings (SSSR count). The van der Waals surface area contributed by atoms with Crippen molar-refractivity contribution in [3.8, 4) is 0 Å². The Hall–Kier alpha value is -2.60. The van der Waals surface area contributed by atoms with Gasteiger partial charge in [-0.25, -0.2) is 4.98 Å². The zero-order valence-corrected chi connectivity index (χ0v) is 17.5. The molecule has 1 aliphatic carbocycles. The van der Waals surface area contributed by atoms with E-state index < -0.39 is 0 Å². The minimum absolute atomic E-state index is 0.00832. The molecule has 29 heavy (non-hydrogen) atoms. The largest absolute Gasteiger partial charge is 0.325 e. The van der Waals surface area contributed by atoms with Crippen LogP contribution in [0.2, 0.25) is 0 Å². The lowest BCUT2D eigenvalue weighted by Gasteiger charge is -2.18. The summed E-state index contributed by atoms with van der Waals surface area (Å²) in [5.41, 5.74) is 2.70. The van der Waals surface area contributed by atoms with E-state index in [-0.39, 0.29) is 22.8 Å². The van der Waals surface area contributed by atoms with Crippen LogP contribution in [0.15, 0.2) is 58.5 Å². The van der Waals surface area contributed by atoms with Crippen LogP contribution >= 0.6 is 11.8 Å². The lowest BCUT2D eigenvalue weighted by atomic mass is 10.1. The van der Waals surface area contributed by atoms with Crippen molar-refractivity contribution in [2.75, 3.05) is 5.32 Å². The normalized spacial score (nSPS) is 14.7. The molecule has 6 heteroatoms. The third-order valence-electron chi connectivity index (χ3n) is 5.23. The molecule has 1 atom stereocenters. The Kier molecular flexibility index (Phi) is 5.72. The van der Waals surface area contributed by atoms with Crippen LogP contribution in [0.25, 0.3) is 10.9 Å². The second-order valence-electron chi connectivity index (χ2n) is 7.37. The second kappa shape index (κ2) is 8.41. The van der Waals surface area contributed by atoms with Gasteiger partial charge in [0.05, 0.1) is 16.2 Å². The van der Waals surface area contributed by atoms with Crippen molar-refractivity contribution in [1.82, 2.24) is 9.55 Å². The summed E-state index contributed by atoms with van der Waals surface area (Å²) >= 11 is 1.39. The Bertz CT molecular complexity index is 1090. The highest BCUT2D eigenvalue weighted by Crippen LogP contribution is 2.38. The number of carbonyl (C=O) groups is 1. The topological polar surface area (TPSA) is 64.0 Å². The van der Waals surface area contributed by atoms with Crippen LogP contribution in [0.4, 0.5) is 5.69 Å². The highest BCUT2D eigenvalue weighted by Gasteiger charge is 2.30. The maximum absolute atomic E-state index is 13.0. The smallest absolute Gasteiger partial charge is 0.262 e. The van der Waals surface area contributed by atoms with Crippen LogP contribution in [0.5, 0.6) is 0 Å². The molecule has 0 spiro atoms. The number of para-hydroxylation sites is 1. The summed E-state index contributed by atoms with van der Waals surface area (Å²) < 4.78 is 1.79. The molecule has 1 saturated carbocycles. The van der Waals surface area contributed by atoms with E-state index in [0.717, 1.165) is 24.9 Å². The van der Waals surface area contributed by atoms with Crippen molar-refractivity contribution in [1.29, 1.82) is 0 Å². The Morgan fingerprint density at radius 2 is 1.90 bits per heavy atom. The van der Waals surface area contributed by atoms with Gasteiger partial charge in [0.25, 0.3) is 5.56 Å². The molecular weight excluding hydrogens is 382 g/mol. The first-order valence-corrected chi connectivity index (χ1v) is 11.1. The zero-order chi connectivity index (χ0) is 20.4. The van der Waals surface area contributed by atoms with Gasteiger partial charge in [-0.2, -0.15) is 0 Å². The summed E-state index contributed by atoms with van der Waals surface area (Å²) in [7, 11) is 0. The number of nitrogens with zero attached hydrogens (tertiary/aromatic N) is 2. The van der Waals surface area contributed by atoms with Gasteiger partial charge >= 0.3 is 0 Å². The second-order valence-corrected chi connectivity index (χ2v) is 8.54. The summed E-state index contributed by atoms with van der Waals surface area (Å²) in [6.07, 6.45) is 3.59. The Morgan fingerprint density at radius 1 is 1.17 bits per heavy atom. The summed E-state index contributed by atoms with van der Waals surface area (Å²) in [5, 5.41) is 3.96. The van der Waals surface area contributed by atoms with Crippen LogP contribution in [0.3, 0.4) is 0 Å². The molecule has 0 radical (unpaired) electrons. The summed E-state index contributed by atoms with van der Waals surface area (Å²) in [4.78, 5) is 30.7. The first-order chi connectivity index (χ1) is 14.1. The average molecular weight is 408 g/mol. The predicted molar refractivity (Wildman–Crippen MR) is 119 cm³/mol. The molecule has 3 aromatic rings. The number of carbonyl (C=O) groups excluding carboxylic acids is 1. The van der Waals surface area contributed by atoms with Gasteiger partial charge in [-0.3, -0.25) is 14.2 Å². The van der Waals surface area contributed by atoms with Gasteiger partial charge in [0.2, 0.25) is 5.91 Å². The Morgan fingerprint density at radius 3 is 2.55 bits per heavy atom. The molecule has 2 aromatic carbocycles. The standard InChI is InChI=1S/C23H25N3O2S/c1-3-15-9-11-16(12-10-15)24-21(27)20(4-2)29-23-25-19-8-6-5-7-18(19)22(28)26(23)17-13-14-17/h5-12,17,20H,3-4,13-14H2,1-2H3,(H,24,27)/t20-/m1/s1. The quantitative estimate of drug-likeness (QED) is 0.451. The van der Waals surface area contributed by atoms with Gasteiger partial charge in [0.1, 0.15) is 0 Å². The average Bonchev–Trinajstić information content (AvgIpc) is 3.57. The number of aryl methyl sites for hydroxylation is 1. The van der Waals surface area contributed by atoms with Gasteiger partial charge in [-0.15, -0.1) is 0 Å². The molecule has 1 amide bonds. The molecule has 5 nitrogen and oxygen atoms in total. The van der Waals surface area contributed by atoms with E-state index >= 15 is 0 Å². The molecule has 0 saturated heterocycles. The molecule has 1 N–H and O–H groups in total. The van der Waals surface area contributed by atoms with E-state index in [1.165, 1.54) is 17.3 Å².